The summed E-state index contributed by atoms with van der Waals surface area (Å²) in [5, 5.41) is 0.840. The molecule has 0 bridgehead atoms. The highest BCUT2D eigenvalue weighted by molar-refractivity contribution is 6.14. The second-order valence-electron chi connectivity index (χ2n) is 8.23. The van der Waals surface area contributed by atoms with Crippen LogP contribution in [0.5, 0.6) is 0 Å². The minimum absolute atomic E-state index is 0.0345. The van der Waals surface area contributed by atoms with Gasteiger partial charge in [-0.25, -0.2) is 4.98 Å². The number of carbonyl (C=O) groups excluding carboxylic acids is 2. The lowest BCUT2D eigenvalue weighted by atomic mass is 10.0. The first kappa shape index (κ1) is 20.2. The van der Waals surface area contributed by atoms with E-state index in [0.717, 1.165) is 22.0 Å². The van der Waals surface area contributed by atoms with Crippen LogP contribution in [0.4, 0.5) is 0 Å². The van der Waals surface area contributed by atoms with E-state index in [1.54, 1.807) is 11.0 Å². The van der Waals surface area contributed by atoms with Crippen molar-refractivity contribution in [2.75, 3.05) is 26.3 Å². The van der Waals surface area contributed by atoms with Crippen LogP contribution in [-0.4, -0.2) is 53.0 Å². The number of nitrogens with one attached hydrogen (secondary N) is 1. The maximum atomic E-state index is 12.9. The highest BCUT2D eigenvalue weighted by atomic mass is 16.5. The van der Waals surface area contributed by atoms with Gasteiger partial charge in [0, 0.05) is 35.1 Å². The highest BCUT2D eigenvalue weighted by Crippen LogP contribution is 2.31. The van der Waals surface area contributed by atoms with Gasteiger partial charge in [-0.3, -0.25) is 9.59 Å². The molecular weight excluding hydrogens is 404 g/mol. The quantitative estimate of drug-likeness (QED) is 0.521. The van der Waals surface area contributed by atoms with E-state index in [1.165, 1.54) is 5.56 Å². The molecule has 7 heteroatoms. The predicted molar refractivity (Wildman–Crippen MR) is 124 cm³/mol. The van der Waals surface area contributed by atoms with Gasteiger partial charge in [0.15, 0.2) is 0 Å². The van der Waals surface area contributed by atoms with Gasteiger partial charge in [0.1, 0.15) is 0 Å². The second kappa shape index (κ2) is 7.76. The number of fused-ring (bicyclic) bond motifs is 3. The number of pyridine rings is 1. The van der Waals surface area contributed by atoms with E-state index in [9.17, 15) is 9.59 Å². The standard InChI is InChI=1S/C25H24N4O3/c1-14-3-4-16(11-15(14)2)20-13-19(24(26)30)23-22(27-20)18-6-5-17(12-21(18)28-23)25(31)29-7-9-32-10-8-29/h3-6,11-13,28H,7-10H2,1-2H3,(H2,26,30). The van der Waals surface area contributed by atoms with Crippen LogP contribution in [0.15, 0.2) is 42.5 Å². The Morgan fingerprint density at radius 2 is 1.81 bits per heavy atom. The molecule has 1 fully saturated rings. The number of primary amides is 1. The Labute approximate surface area is 185 Å². The zero-order chi connectivity index (χ0) is 22.4. The number of morpholine rings is 1. The van der Waals surface area contributed by atoms with Gasteiger partial charge in [-0.1, -0.05) is 12.1 Å². The zero-order valence-corrected chi connectivity index (χ0v) is 18.1. The van der Waals surface area contributed by atoms with Gasteiger partial charge in [-0.2, -0.15) is 0 Å². The number of ether oxygens (including phenoxy) is 1. The fraction of sp³-hybridized carbons (Fsp3) is 0.240. The molecule has 4 aromatic rings. The molecular formula is C25H24N4O3. The van der Waals surface area contributed by atoms with Crippen LogP contribution in [0, 0.1) is 13.8 Å². The van der Waals surface area contributed by atoms with Crippen molar-refractivity contribution in [3.8, 4) is 11.3 Å². The third kappa shape index (κ3) is 3.40. The Hall–Kier alpha value is -3.71. The minimum atomic E-state index is -0.529. The Morgan fingerprint density at radius 1 is 1.03 bits per heavy atom. The number of H-pyrrole nitrogens is 1. The number of nitrogens with two attached hydrogens (primary N) is 1. The molecule has 1 aliphatic rings. The number of carbonyl (C=O) groups is 2. The number of benzene rings is 2. The fourth-order valence-electron chi connectivity index (χ4n) is 4.18. The molecule has 2 aromatic heterocycles. The van der Waals surface area contributed by atoms with Crippen LogP contribution in [0.3, 0.4) is 0 Å². The Bertz CT molecular complexity index is 1380. The van der Waals surface area contributed by atoms with Crippen LogP contribution in [0.2, 0.25) is 0 Å². The predicted octanol–water partition coefficient (Wildman–Crippen LogP) is 3.57. The first-order valence-corrected chi connectivity index (χ1v) is 10.6. The molecule has 1 saturated heterocycles. The normalized spacial score (nSPS) is 14.2. The number of hydrogen-bond acceptors (Lipinski definition) is 4. The molecule has 1 aliphatic heterocycles. The van der Waals surface area contributed by atoms with E-state index in [0.29, 0.717) is 54.2 Å². The van der Waals surface area contributed by atoms with Crippen molar-refractivity contribution in [1.82, 2.24) is 14.9 Å². The molecule has 162 valence electrons. The molecule has 3 heterocycles. The van der Waals surface area contributed by atoms with Crippen LogP contribution < -0.4 is 5.73 Å². The largest absolute Gasteiger partial charge is 0.378 e. The van der Waals surface area contributed by atoms with Crippen LogP contribution in [0.25, 0.3) is 33.2 Å². The summed E-state index contributed by atoms with van der Waals surface area (Å²) < 4.78 is 5.34. The van der Waals surface area contributed by atoms with E-state index in [1.807, 2.05) is 37.3 Å². The van der Waals surface area contributed by atoms with Crippen molar-refractivity contribution in [2.24, 2.45) is 5.73 Å². The first-order chi connectivity index (χ1) is 15.4. The van der Waals surface area contributed by atoms with Crippen molar-refractivity contribution in [3.05, 3.63) is 64.7 Å². The van der Waals surface area contributed by atoms with E-state index in [2.05, 4.69) is 18.0 Å². The fourth-order valence-corrected chi connectivity index (χ4v) is 4.18. The summed E-state index contributed by atoms with van der Waals surface area (Å²) in [6.45, 7) is 6.36. The lowest BCUT2D eigenvalue weighted by Crippen LogP contribution is -2.40. The molecule has 32 heavy (non-hydrogen) atoms. The molecule has 0 atom stereocenters. The summed E-state index contributed by atoms with van der Waals surface area (Å²) in [7, 11) is 0. The maximum Gasteiger partial charge on any atom is 0.254 e. The third-order valence-corrected chi connectivity index (χ3v) is 6.17. The first-order valence-electron chi connectivity index (χ1n) is 10.6. The molecule has 2 aromatic carbocycles. The number of aromatic nitrogens is 2. The van der Waals surface area contributed by atoms with Gasteiger partial charge in [-0.05, 0) is 55.3 Å². The number of hydrogen-bond donors (Lipinski definition) is 2. The average Bonchev–Trinajstić information content (AvgIpc) is 3.18. The van der Waals surface area contributed by atoms with Crippen molar-refractivity contribution < 1.29 is 14.3 Å². The van der Waals surface area contributed by atoms with Crippen LogP contribution >= 0.6 is 0 Å². The number of aromatic amines is 1. The summed E-state index contributed by atoms with van der Waals surface area (Å²) >= 11 is 0. The highest BCUT2D eigenvalue weighted by Gasteiger charge is 2.21. The van der Waals surface area contributed by atoms with E-state index >= 15 is 0 Å². The molecule has 3 N–H and O–H groups in total. The second-order valence-corrected chi connectivity index (χ2v) is 8.23. The van der Waals surface area contributed by atoms with Crippen molar-refractivity contribution in [1.29, 1.82) is 0 Å². The molecule has 5 rings (SSSR count). The Kier molecular flexibility index (Phi) is 4.90. The lowest BCUT2D eigenvalue weighted by Gasteiger charge is -2.26. The van der Waals surface area contributed by atoms with Crippen LogP contribution in [0.1, 0.15) is 31.8 Å². The van der Waals surface area contributed by atoms with E-state index in [4.69, 9.17) is 15.5 Å². The molecule has 7 nitrogen and oxygen atoms in total. The Balaban J connectivity index is 1.65. The van der Waals surface area contributed by atoms with Crippen LogP contribution in [-0.2, 0) is 4.74 Å². The van der Waals surface area contributed by atoms with Gasteiger partial charge < -0.3 is 20.4 Å². The SMILES string of the molecule is Cc1ccc(-c2cc(C(N)=O)c3[nH]c4cc(C(=O)N5CCOCC5)ccc4c3n2)cc1C. The molecule has 0 spiro atoms. The van der Waals surface area contributed by atoms with Gasteiger partial charge in [0.05, 0.1) is 35.5 Å². The lowest BCUT2D eigenvalue weighted by molar-refractivity contribution is 0.0303. The molecule has 0 saturated carbocycles. The summed E-state index contributed by atoms with van der Waals surface area (Å²) in [6.07, 6.45) is 0. The Morgan fingerprint density at radius 3 is 2.53 bits per heavy atom. The van der Waals surface area contributed by atoms with E-state index < -0.39 is 5.91 Å². The molecule has 0 aliphatic carbocycles. The summed E-state index contributed by atoms with van der Waals surface area (Å²) in [5.41, 5.74) is 12.6. The topological polar surface area (TPSA) is 101 Å². The summed E-state index contributed by atoms with van der Waals surface area (Å²) in [6, 6.07) is 13.3. The smallest absolute Gasteiger partial charge is 0.254 e. The maximum absolute atomic E-state index is 12.9. The number of rotatable bonds is 3. The number of aryl methyl sites for hydroxylation is 2. The molecule has 0 unspecified atom stereocenters. The minimum Gasteiger partial charge on any atom is -0.378 e. The summed E-state index contributed by atoms with van der Waals surface area (Å²) in [5.74, 6) is -0.564. The monoisotopic (exact) mass is 428 g/mol. The van der Waals surface area contributed by atoms with Gasteiger partial charge >= 0.3 is 0 Å². The molecule has 2 amide bonds. The van der Waals surface area contributed by atoms with Crippen molar-refractivity contribution in [3.63, 3.8) is 0 Å². The van der Waals surface area contributed by atoms with Gasteiger partial charge in [0.2, 0.25) is 0 Å². The average molecular weight is 428 g/mol. The summed E-state index contributed by atoms with van der Waals surface area (Å²) in [4.78, 5) is 35.1. The van der Waals surface area contributed by atoms with E-state index in [-0.39, 0.29) is 5.91 Å². The zero-order valence-electron chi connectivity index (χ0n) is 18.1. The van der Waals surface area contributed by atoms with Crippen molar-refractivity contribution >= 4 is 33.8 Å². The number of nitrogens with zero attached hydrogens (tertiary/aromatic N) is 2. The van der Waals surface area contributed by atoms with Gasteiger partial charge in [0.25, 0.3) is 11.8 Å². The van der Waals surface area contributed by atoms with Gasteiger partial charge in [-0.15, -0.1) is 0 Å². The molecule has 0 radical (unpaired) electrons. The third-order valence-electron chi connectivity index (χ3n) is 6.17. The van der Waals surface area contributed by atoms with Crippen molar-refractivity contribution in [2.45, 2.75) is 13.8 Å². The number of amides is 2.